The summed E-state index contributed by atoms with van der Waals surface area (Å²) in [5, 5.41) is 9.91. The molecule has 0 aromatic heterocycles. The standard InChI is InChI=1S/C14H21NO2/c15-9-12-3-5-13(6-4-12)14(16)10-17-8-7-11-1-2-11/h3-6,11,14,16H,1-2,7-10,15H2. The molecule has 1 atom stereocenters. The average Bonchev–Trinajstić information content (AvgIpc) is 3.18. The second-order valence-electron chi connectivity index (χ2n) is 4.77. The highest BCUT2D eigenvalue weighted by atomic mass is 16.5. The Morgan fingerprint density at radius 1 is 1.29 bits per heavy atom. The maximum Gasteiger partial charge on any atom is 0.102 e. The van der Waals surface area contributed by atoms with Gasteiger partial charge in [0, 0.05) is 13.2 Å². The van der Waals surface area contributed by atoms with Gasteiger partial charge in [0.15, 0.2) is 0 Å². The zero-order valence-electron chi connectivity index (χ0n) is 10.1. The molecule has 0 heterocycles. The minimum absolute atomic E-state index is 0.384. The molecule has 1 aromatic rings. The van der Waals surface area contributed by atoms with Gasteiger partial charge in [-0.1, -0.05) is 37.1 Å². The van der Waals surface area contributed by atoms with Gasteiger partial charge in [-0.2, -0.15) is 0 Å². The van der Waals surface area contributed by atoms with Gasteiger partial charge in [0.25, 0.3) is 0 Å². The highest BCUT2D eigenvalue weighted by Gasteiger charge is 2.20. The van der Waals surface area contributed by atoms with Gasteiger partial charge in [-0.25, -0.2) is 0 Å². The van der Waals surface area contributed by atoms with Crippen LogP contribution in [0.4, 0.5) is 0 Å². The van der Waals surface area contributed by atoms with Crippen LogP contribution < -0.4 is 5.73 Å². The second kappa shape index (κ2) is 6.15. The summed E-state index contributed by atoms with van der Waals surface area (Å²) in [5.41, 5.74) is 7.50. The van der Waals surface area contributed by atoms with Gasteiger partial charge in [0.1, 0.15) is 6.10 Å². The maximum atomic E-state index is 9.91. The predicted molar refractivity (Wildman–Crippen MR) is 67.5 cm³/mol. The Hall–Kier alpha value is -0.900. The van der Waals surface area contributed by atoms with Crippen LogP contribution >= 0.6 is 0 Å². The largest absolute Gasteiger partial charge is 0.386 e. The molecule has 3 N–H and O–H groups in total. The first-order valence-corrected chi connectivity index (χ1v) is 6.34. The molecule has 3 heteroatoms. The smallest absolute Gasteiger partial charge is 0.102 e. The molecule has 1 aromatic carbocycles. The molecule has 1 aliphatic rings. The molecule has 1 saturated carbocycles. The molecule has 0 spiro atoms. The SMILES string of the molecule is NCc1ccc(C(O)COCCC2CC2)cc1. The van der Waals surface area contributed by atoms with Gasteiger partial charge in [0.05, 0.1) is 6.61 Å². The highest BCUT2D eigenvalue weighted by molar-refractivity contribution is 5.23. The Labute approximate surface area is 103 Å². The molecule has 0 radical (unpaired) electrons. The zero-order chi connectivity index (χ0) is 12.1. The van der Waals surface area contributed by atoms with Gasteiger partial charge in [0.2, 0.25) is 0 Å². The van der Waals surface area contributed by atoms with E-state index in [4.69, 9.17) is 10.5 Å². The Bertz CT molecular complexity index is 333. The molecule has 0 saturated heterocycles. The first-order chi connectivity index (χ1) is 8.29. The summed E-state index contributed by atoms with van der Waals surface area (Å²) in [6.45, 7) is 1.69. The molecule has 0 aliphatic heterocycles. The van der Waals surface area contributed by atoms with Gasteiger partial charge in [-0.15, -0.1) is 0 Å². The molecule has 3 nitrogen and oxygen atoms in total. The fourth-order valence-electron chi connectivity index (χ4n) is 1.82. The monoisotopic (exact) mass is 235 g/mol. The molecule has 94 valence electrons. The van der Waals surface area contributed by atoms with Gasteiger partial charge in [-0.05, 0) is 23.5 Å². The fourth-order valence-corrected chi connectivity index (χ4v) is 1.82. The van der Waals surface area contributed by atoms with Crippen molar-refractivity contribution in [2.75, 3.05) is 13.2 Å². The lowest BCUT2D eigenvalue weighted by Gasteiger charge is -2.12. The third kappa shape index (κ3) is 4.11. The van der Waals surface area contributed by atoms with E-state index < -0.39 is 6.10 Å². The van der Waals surface area contributed by atoms with Crippen molar-refractivity contribution in [3.05, 3.63) is 35.4 Å². The van der Waals surface area contributed by atoms with E-state index in [1.54, 1.807) is 0 Å². The first kappa shape index (κ1) is 12.6. The van der Waals surface area contributed by atoms with E-state index in [2.05, 4.69) is 0 Å². The zero-order valence-corrected chi connectivity index (χ0v) is 10.1. The molecular formula is C14H21NO2. The fraction of sp³-hybridized carbons (Fsp3) is 0.571. The van der Waals surface area contributed by atoms with Crippen LogP contribution in [0.25, 0.3) is 0 Å². The molecule has 1 unspecified atom stereocenters. The Morgan fingerprint density at radius 3 is 2.59 bits per heavy atom. The number of ether oxygens (including phenoxy) is 1. The summed E-state index contributed by atoms with van der Waals surface area (Å²) in [4.78, 5) is 0. The number of aliphatic hydroxyl groups is 1. The van der Waals surface area contributed by atoms with Gasteiger partial charge < -0.3 is 15.6 Å². The topological polar surface area (TPSA) is 55.5 Å². The summed E-state index contributed by atoms with van der Waals surface area (Å²) in [5.74, 6) is 0.885. The van der Waals surface area contributed by atoms with Crippen LogP contribution in [0.5, 0.6) is 0 Å². The molecule has 1 aliphatic carbocycles. The summed E-state index contributed by atoms with van der Waals surface area (Å²) < 4.78 is 5.48. The number of aliphatic hydroxyl groups excluding tert-OH is 1. The van der Waals surface area contributed by atoms with Crippen molar-refractivity contribution in [2.45, 2.75) is 31.9 Å². The van der Waals surface area contributed by atoms with Crippen LogP contribution in [0, 0.1) is 5.92 Å². The van der Waals surface area contributed by atoms with Crippen LogP contribution in [-0.4, -0.2) is 18.3 Å². The van der Waals surface area contributed by atoms with Crippen molar-refractivity contribution in [3.63, 3.8) is 0 Å². The number of hydrogen-bond acceptors (Lipinski definition) is 3. The van der Waals surface area contributed by atoms with Crippen molar-refractivity contribution in [1.29, 1.82) is 0 Å². The Kier molecular flexibility index (Phi) is 4.54. The minimum atomic E-state index is -0.527. The molecular weight excluding hydrogens is 214 g/mol. The lowest BCUT2D eigenvalue weighted by molar-refractivity contribution is 0.0336. The average molecular weight is 235 g/mol. The predicted octanol–water partition coefficient (Wildman–Crippen LogP) is 2.00. The summed E-state index contributed by atoms with van der Waals surface area (Å²) in [7, 11) is 0. The minimum Gasteiger partial charge on any atom is -0.386 e. The van der Waals surface area contributed by atoms with Crippen molar-refractivity contribution < 1.29 is 9.84 Å². The van der Waals surface area contributed by atoms with Crippen LogP contribution in [0.15, 0.2) is 24.3 Å². The number of nitrogens with two attached hydrogens (primary N) is 1. The summed E-state index contributed by atoms with van der Waals surface area (Å²) in [6.07, 6.45) is 3.32. The quantitative estimate of drug-likeness (QED) is 0.711. The Balaban J connectivity index is 1.71. The lowest BCUT2D eigenvalue weighted by atomic mass is 10.1. The van der Waals surface area contributed by atoms with Gasteiger partial charge >= 0.3 is 0 Å². The van der Waals surface area contributed by atoms with E-state index >= 15 is 0 Å². The van der Waals surface area contributed by atoms with Crippen molar-refractivity contribution in [1.82, 2.24) is 0 Å². The molecule has 1 fully saturated rings. The number of hydrogen-bond donors (Lipinski definition) is 2. The van der Waals surface area contributed by atoms with E-state index in [1.807, 2.05) is 24.3 Å². The molecule has 0 amide bonds. The Morgan fingerprint density at radius 2 is 2.00 bits per heavy atom. The summed E-state index contributed by atoms with van der Waals surface area (Å²) in [6, 6.07) is 7.72. The van der Waals surface area contributed by atoms with Crippen LogP contribution in [0.2, 0.25) is 0 Å². The molecule has 17 heavy (non-hydrogen) atoms. The van der Waals surface area contributed by atoms with Crippen LogP contribution in [-0.2, 0) is 11.3 Å². The van der Waals surface area contributed by atoms with E-state index in [1.165, 1.54) is 12.8 Å². The third-order valence-electron chi connectivity index (χ3n) is 3.24. The van der Waals surface area contributed by atoms with Crippen molar-refractivity contribution in [3.8, 4) is 0 Å². The maximum absolute atomic E-state index is 9.91. The van der Waals surface area contributed by atoms with Crippen LogP contribution in [0.1, 0.15) is 36.5 Å². The lowest BCUT2D eigenvalue weighted by Crippen LogP contribution is -2.08. The number of benzene rings is 1. The van der Waals surface area contributed by atoms with E-state index in [-0.39, 0.29) is 0 Å². The van der Waals surface area contributed by atoms with E-state index in [0.717, 1.165) is 30.1 Å². The van der Waals surface area contributed by atoms with Crippen molar-refractivity contribution >= 4 is 0 Å². The highest BCUT2D eigenvalue weighted by Crippen LogP contribution is 2.32. The normalized spacial score (nSPS) is 17.1. The van der Waals surface area contributed by atoms with Crippen molar-refractivity contribution in [2.24, 2.45) is 11.7 Å². The molecule has 0 bridgehead atoms. The summed E-state index contributed by atoms with van der Waals surface area (Å²) >= 11 is 0. The van der Waals surface area contributed by atoms with E-state index in [9.17, 15) is 5.11 Å². The van der Waals surface area contributed by atoms with Crippen LogP contribution in [0.3, 0.4) is 0 Å². The van der Waals surface area contributed by atoms with E-state index in [0.29, 0.717) is 13.2 Å². The van der Waals surface area contributed by atoms with Gasteiger partial charge in [-0.3, -0.25) is 0 Å². The molecule has 2 rings (SSSR count). The second-order valence-corrected chi connectivity index (χ2v) is 4.77. The number of rotatable bonds is 7. The third-order valence-corrected chi connectivity index (χ3v) is 3.24. The first-order valence-electron chi connectivity index (χ1n) is 6.34.